The zero-order valence-corrected chi connectivity index (χ0v) is 11.8. The fourth-order valence-electron chi connectivity index (χ4n) is 1.73. The van der Waals surface area contributed by atoms with Crippen LogP contribution in [0.5, 0.6) is 11.5 Å². The van der Waals surface area contributed by atoms with Gasteiger partial charge in [0.15, 0.2) is 0 Å². The third-order valence-corrected chi connectivity index (χ3v) is 2.59. The fourth-order valence-corrected chi connectivity index (χ4v) is 1.73. The van der Waals surface area contributed by atoms with Crippen LogP contribution in [0.3, 0.4) is 0 Å². The number of nitrogens with one attached hydrogen (secondary N) is 1. The van der Waals surface area contributed by atoms with Gasteiger partial charge in [0.2, 0.25) is 5.91 Å². The lowest BCUT2D eigenvalue weighted by molar-refractivity contribution is -0.125. The monoisotopic (exact) mass is 267 g/mol. The van der Waals surface area contributed by atoms with Gasteiger partial charge < -0.3 is 15.2 Å². The molecule has 0 aliphatic rings. The molecule has 1 aromatic rings. The van der Waals surface area contributed by atoms with E-state index in [9.17, 15) is 4.79 Å². The predicted octanol–water partition coefficient (Wildman–Crippen LogP) is 0.687. The molecule has 0 aliphatic carbocycles. The molecule has 0 radical (unpaired) electrons. The van der Waals surface area contributed by atoms with Crippen molar-refractivity contribution in [1.82, 2.24) is 10.4 Å². The number of nitrogens with zero attached hydrogens (tertiary/aromatic N) is 1. The summed E-state index contributed by atoms with van der Waals surface area (Å²) >= 11 is 0. The number of carbonyl (C=O) groups excluding carboxylic acids is 1. The van der Waals surface area contributed by atoms with Crippen LogP contribution in [-0.4, -0.2) is 39.2 Å². The van der Waals surface area contributed by atoms with Crippen LogP contribution < -0.4 is 20.6 Å². The Kier molecular flexibility index (Phi) is 5.59. The highest BCUT2D eigenvalue weighted by Gasteiger charge is 2.17. The smallest absolute Gasteiger partial charge is 0.236 e. The Balaban J connectivity index is 2.85. The molecule has 1 aromatic carbocycles. The predicted molar refractivity (Wildman–Crippen MR) is 72.9 cm³/mol. The number of methoxy groups -OCH3 is 2. The van der Waals surface area contributed by atoms with Crippen LogP contribution >= 0.6 is 0 Å². The Bertz CT molecular complexity index is 435. The lowest BCUT2D eigenvalue weighted by Crippen LogP contribution is -2.37. The molecule has 1 unspecified atom stereocenters. The lowest BCUT2D eigenvalue weighted by Gasteiger charge is -2.18. The van der Waals surface area contributed by atoms with E-state index in [1.807, 2.05) is 0 Å². The number of benzene rings is 1. The first-order valence-electron chi connectivity index (χ1n) is 5.92. The largest absolute Gasteiger partial charge is 0.497 e. The second-order valence-corrected chi connectivity index (χ2v) is 4.35. The highest BCUT2D eigenvalue weighted by Crippen LogP contribution is 2.29. The maximum atomic E-state index is 11.7. The van der Waals surface area contributed by atoms with E-state index in [-0.39, 0.29) is 12.3 Å². The van der Waals surface area contributed by atoms with Crippen molar-refractivity contribution >= 4 is 5.91 Å². The summed E-state index contributed by atoms with van der Waals surface area (Å²) in [4.78, 5) is 11.7. The number of hydrogen-bond donors (Lipinski definition) is 2. The molecule has 6 nitrogen and oxygen atoms in total. The highest BCUT2D eigenvalue weighted by molar-refractivity contribution is 5.76. The first-order valence-corrected chi connectivity index (χ1v) is 5.92. The van der Waals surface area contributed by atoms with Gasteiger partial charge in [-0.05, 0) is 18.2 Å². The number of hydrogen-bond acceptors (Lipinski definition) is 5. The van der Waals surface area contributed by atoms with Crippen molar-refractivity contribution in [1.29, 1.82) is 0 Å². The molecule has 0 saturated carbocycles. The van der Waals surface area contributed by atoms with Gasteiger partial charge in [-0.3, -0.25) is 10.2 Å². The van der Waals surface area contributed by atoms with Crippen LogP contribution in [0.25, 0.3) is 0 Å². The summed E-state index contributed by atoms with van der Waals surface area (Å²) in [7, 11) is 6.64. The van der Waals surface area contributed by atoms with Crippen LogP contribution in [0, 0.1) is 0 Å². The minimum Gasteiger partial charge on any atom is -0.497 e. The van der Waals surface area contributed by atoms with Crippen molar-refractivity contribution in [2.45, 2.75) is 12.5 Å². The number of hydrazine groups is 1. The molecular formula is C13H21N3O3. The van der Waals surface area contributed by atoms with Crippen molar-refractivity contribution in [2.24, 2.45) is 5.73 Å². The van der Waals surface area contributed by atoms with Crippen molar-refractivity contribution in [2.75, 3.05) is 28.3 Å². The molecule has 0 bridgehead atoms. The third kappa shape index (κ3) is 4.42. The summed E-state index contributed by atoms with van der Waals surface area (Å²) < 4.78 is 10.4. The van der Waals surface area contributed by atoms with Gasteiger partial charge >= 0.3 is 0 Å². The topological polar surface area (TPSA) is 76.8 Å². The average molecular weight is 267 g/mol. The second-order valence-electron chi connectivity index (χ2n) is 4.35. The molecule has 0 aromatic heterocycles. The molecule has 0 saturated heterocycles. The van der Waals surface area contributed by atoms with Gasteiger partial charge in [0.05, 0.1) is 14.2 Å². The number of nitrogens with two attached hydrogens (primary N) is 1. The summed E-state index contributed by atoms with van der Waals surface area (Å²) in [5.41, 5.74) is 9.45. The van der Waals surface area contributed by atoms with Gasteiger partial charge in [-0.25, -0.2) is 5.01 Å². The fraction of sp³-hybridized carbons (Fsp3) is 0.462. The van der Waals surface area contributed by atoms with E-state index in [0.29, 0.717) is 11.5 Å². The molecule has 1 amide bonds. The zero-order chi connectivity index (χ0) is 14.4. The van der Waals surface area contributed by atoms with Crippen LogP contribution in [0.2, 0.25) is 0 Å². The summed E-state index contributed by atoms with van der Waals surface area (Å²) in [6.07, 6.45) is 0.168. The number of ether oxygens (including phenoxy) is 2. The van der Waals surface area contributed by atoms with Gasteiger partial charge in [0, 0.05) is 32.1 Å². The van der Waals surface area contributed by atoms with E-state index in [0.717, 1.165) is 5.56 Å². The van der Waals surface area contributed by atoms with Crippen LogP contribution in [0.1, 0.15) is 18.0 Å². The molecule has 0 heterocycles. The molecule has 0 fully saturated rings. The maximum Gasteiger partial charge on any atom is 0.236 e. The first-order chi connectivity index (χ1) is 8.97. The van der Waals surface area contributed by atoms with Gasteiger partial charge in [0.25, 0.3) is 0 Å². The van der Waals surface area contributed by atoms with Gasteiger partial charge in [-0.1, -0.05) is 0 Å². The Morgan fingerprint density at radius 1 is 1.37 bits per heavy atom. The number of rotatable bonds is 6. The van der Waals surface area contributed by atoms with E-state index in [1.54, 1.807) is 51.5 Å². The van der Waals surface area contributed by atoms with Gasteiger partial charge in [0.1, 0.15) is 11.5 Å². The van der Waals surface area contributed by atoms with Crippen molar-refractivity contribution in [3.8, 4) is 11.5 Å². The molecule has 106 valence electrons. The molecule has 1 atom stereocenters. The first kappa shape index (κ1) is 15.3. The molecule has 0 spiro atoms. The molecule has 3 N–H and O–H groups in total. The standard InChI is InChI=1S/C13H21N3O3/c1-16(2)15-13(17)8-11(14)10-7-9(18-3)5-6-12(10)19-4/h5-7,11H,8,14H2,1-4H3,(H,15,17). The van der Waals surface area contributed by atoms with E-state index < -0.39 is 6.04 Å². The minimum atomic E-state index is -0.454. The summed E-state index contributed by atoms with van der Waals surface area (Å²) in [5, 5.41) is 1.58. The van der Waals surface area contributed by atoms with E-state index in [2.05, 4.69) is 5.43 Å². The van der Waals surface area contributed by atoms with Crippen LogP contribution in [-0.2, 0) is 4.79 Å². The second kappa shape index (κ2) is 6.96. The van der Waals surface area contributed by atoms with Crippen molar-refractivity contribution in [3.63, 3.8) is 0 Å². The Morgan fingerprint density at radius 2 is 2.05 bits per heavy atom. The Morgan fingerprint density at radius 3 is 2.58 bits per heavy atom. The van der Waals surface area contributed by atoms with E-state index in [1.165, 1.54) is 0 Å². The van der Waals surface area contributed by atoms with E-state index in [4.69, 9.17) is 15.2 Å². The summed E-state index contributed by atoms with van der Waals surface area (Å²) in [6, 6.07) is 4.89. The summed E-state index contributed by atoms with van der Waals surface area (Å²) in [5.74, 6) is 1.17. The lowest BCUT2D eigenvalue weighted by atomic mass is 10.0. The maximum absolute atomic E-state index is 11.7. The average Bonchev–Trinajstić information content (AvgIpc) is 2.36. The van der Waals surface area contributed by atoms with Gasteiger partial charge in [-0.15, -0.1) is 0 Å². The third-order valence-electron chi connectivity index (χ3n) is 2.59. The van der Waals surface area contributed by atoms with Crippen molar-refractivity contribution < 1.29 is 14.3 Å². The number of amides is 1. The summed E-state index contributed by atoms with van der Waals surface area (Å²) in [6.45, 7) is 0. The molecule has 0 aliphatic heterocycles. The number of carbonyl (C=O) groups is 1. The molecule has 6 heteroatoms. The normalized spacial score (nSPS) is 12.1. The molecule has 19 heavy (non-hydrogen) atoms. The van der Waals surface area contributed by atoms with Crippen LogP contribution in [0.15, 0.2) is 18.2 Å². The minimum absolute atomic E-state index is 0.151. The Hall–Kier alpha value is -1.79. The van der Waals surface area contributed by atoms with Crippen molar-refractivity contribution in [3.05, 3.63) is 23.8 Å². The Labute approximate surface area is 113 Å². The van der Waals surface area contributed by atoms with E-state index >= 15 is 0 Å². The van der Waals surface area contributed by atoms with Gasteiger partial charge in [-0.2, -0.15) is 0 Å². The highest BCUT2D eigenvalue weighted by atomic mass is 16.5. The zero-order valence-electron chi connectivity index (χ0n) is 11.8. The molecular weight excluding hydrogens is 246 g/mol. The molecule has 1 rings (SSSR count). The quantitative estimate of drug-likeness (QED) is 0.741. The van der Waals surface area contributed by atoms with Crippen LogP contribution in [0.4, 0.5) is 0 Å². The SMILES string of the molecule is COc1ccc(OC)c(C(N)CC(=O)NN(C)C)c1.